The summed E-state index contributed by atoms with van der Waals surface area (Å²) in [6, 6.07) is 15.5. The standard InChI is InChI=1S/C27H23Cl2N3O6S.Na/c1-3-15-12-24(39(35,36)37)20(29)14-21(15)31-32-25-18-8-6-5-7-16(18)11-19(26(25)33)27(34)30-22-13-17(28)9-10-23(22)38-4-2;/h5-14,33H,3-4H2,1-2H3,(H,30,34)(H,35,36,37);/q;+1/p-1. The molecule has 0 fully saturated rings. The van der Waals surface area contributed by atoms with E-state index in [2.05, 4.69) is 15.5 Å². The molecule has 0 unspecified atom stereocenters. The van der Waals surface area contributed by atoms with Crippen LogP contribution in [0.2, 0.25) is 10.0 Å². The van der Waals surface area contributed by atoms with Crippen LogP contribution in [0, 0.1) is 0 Å². The Balaban J connectivity index is 0.00000441. The Bertz CT molecular complexity index is 1730. The number of nitrogens with one attached hydrogen (secondary N) is 1. The quantitative estimate of drug-likeness (QED) is 0.175. The minimum atomic E-state index is -4.55. The van der Waals surface area contributed by atoms with Gasteiger partial charge in [-0.25, -0.2) is 0 Å². The van der Waals surface area contributed by atoms with Crippen LogP contribution in [0.1, 0.15) is 29.8 Å². The molecule has 0 aromatic heterocycles. The predicted molar refractivity (Wildman–Crippen MR) is 149 cm³/mol. The molecule has 4 aromatic carbocycles. The molecule has 0 radical (unpaired) electrons. The monoisotopic (exact) mass is 609 g/mol. The van der Waals surface area contributed by atoms with Crippen molar-refractivity contribution in [3.8, 4) is 11.5 Å². The van der Waals surface area contributed by atoms with Gasteiger partial charge in [-0.1, -0.05) is 60.1 Å². The SMILES string of the molecule is CCOc1ccc(Cl)cc1NC(=O)c1cc2ccccc2c(N=Nc2cc(Cl)c(S(=O)(=O)O)cc2CC)c1[O-].[Na+]. The first-order valence-corrected chi connectivity index (χ1v) is 13.9. The van der Waals surface area contributed by atoms with Crippen molar-refractivity contribution in [2.45, 2.75) is 25.2 Å². The summed E-state index contributed by atoms with van der Waals surface area (Å²) < 4.78 is 38.3. The first-order chi connectivity index (χ1) is 18.5. The van der Waals surface area contributed by atoms with E-state index in [1.165, 1.54) is 24.3 Å². The Hall–Kier alpha value is -2.70. The number of nitrogens with zero attached hydrogens (tertiary/aromatic N) is 2. The molecule has 9 nitrogen and oxygen atoms in total. The maximum atomic E-state index is 13.5. The fourth-order valence-corrected chi connectivity index (χ4v) is 5.13. The van der Waals surface area contributed by atoms with Gasteiger partial charge in [0.2, 0.25) is 0 Å². The fraction of sp³-hybridized carbons (Fsp3) is 0.148. The Labute approximate surface area is 263 Å². The van der Waals surface area contributed by atoms with Gasteiger partial charge in [0.15, 0.2) is 0 Å². The third-order valence-corrected chi connectivity index (χ3v) is 7.31. The average molecular weight is 610 g/mol. The topological polar surface area (TPSA) is 140 Å². The van der Waals surface area contributed by atoms with Crippen LogP contribution in [0.3, 0.4) is 0 Å². The summed E-state index contributed by atoms with van der Waals surface area (Å²) in [7, 11) is -4.55. The summed E-state index contributed by atoms with van der Waals surface area (Å²) in [5.74, 6) is -0.977. The van der Waals surface area contributed by atoms with E-state index in [1.807, 2.05) is 0 Å². The molecule has 0 aliphatic heterocycles. The number of hydrogen-bond acceptors (Lipinski definition) is 7. The van der Waals surface area contributed by atoms with E-state index >= 15 is 0 Å². The van der Waals surface area contributed by atoms with Gasteiger partial charge in [-0.3, -0.25) is 9.35 Å². The number of aryl methyl sites for hydroxylation is 1. The van der Waals surface area contributed by atoms with Crippen LogP contribution < -0.4 is 44.7 Å². The molecule has 0 saturated heterocycles. The van der Waals surface area contributed by atoms with Gasteiger partial charge in [0.25, 0.3) is 16.0 Å². The molecular weight excluding hydrogens is 588 g/mol. The maximum absolute atomic E-state index is 13.5. The van der Waals surface area contributed by atoms with Crippen LogP contribution in [0.25, 0.3) is 10.8 Å². The Morgan fingerprint density at radius 1 is 1.05 bits per heavy atom. The van der Waals surface area contributed by atoms with Crippen molar-refractivity contribution in [1.82, 2.24) is 0 Å². The van der Waals surface area contributed by atoms with Crippen molar-refractivity contribution < 1.29 is 57.2 Å². The number of ether oxygens (including phenoxy) is 1. The first-order valence-electron chi connectivity index (χ1n) is 11.7. The van der Waals surface area contributed by atoms with E-state index < -0.39 is 26.7 Å². The van der Waals surface area contributed by atoms with Crippen LogP contribution in [0.15, 0.2) is 75.8 Å². The summed E-state index contributed by atoms with van der Waals surface area (Å²) in [4.78, 5) is 12.8. The summed E-state index contributed by atoms with van der Waals surface area (Å²) in [5.41, 5.74) is 0.651. The molecule has 4 rings (SSSR count). The molecule has 0 heterocycles. The summed E-state index contributed by atoms with van der Waals surface area (Å²) in [5, 5.41) is 25.7. The number of rotatable bonds is 8. The third-order valence-electron chi connectivity index (χ3n) is 5.76. The van der Waals surface area contributed by atoms with E-state index in [4.69, 9.17) is 27.9 Å². The number of carbonyl (C=O) groups is 1. The van der Waals surface area contributed by atoms with Gasteiger partial charge in [0.1, 0.15) is 10.6 Å². The van der Waals surface area contributed by atoms with Gasteiger partial charge in [0, 0.05) is 16.0 Å². The number of fused-ring (bicyclic) bond motifs is 1. The summed E-state index contributed by atoms with van der Waals surface area (Å²) in [6.07, 6.45) is 0.337. The zero-order chi connectivity index (χ0) is 28.3. The van der Waals surface area contributed by atoms with Crippen molar-refractivity contribution >= 4 is 67.1 Å². The molecule has 4 aromatic rings. The summed E-state index contributed by atoms with van der Waals surface area (Å²) in [6.45, 7) is 3.90. The molecule has 13 heteroatoms. The molecule has 2 N–H and O–H groups in total. The molecule has 0 aliphatic carbocycles. The first kappa shape index (κ1) is 31.8. The van der Waals surface area contributed by atoms with Crippen LogP contribution >= 0.6 is 23.2 Å². The smallest absolute Gasteiger partial charge is 0.870 e. The number of halogens is 2. The summed E-state index contributed by atoms with van der Waals surface area (Å²) >= 11 is 12.2. The molecule has 0 aliphatic rings. The van der Waals surface area contributed by atoms with E-state index in [0.717, 1.165) is 0 Å². The second-order valence-corrected chi connectivity index (χ2v) is 10.5. The Morgan fingerprint density at radius 2 is 1.77 bits per heavy atom. The number of amides is 1. The molecule has 0 bridgehead atoms. The van der Waals surface area contributed by atoms with Gasteiger partial charge >= 0.3 is 29.6 Å². The molecule has 1 amide bonds. The molecule has 202 valence electrons. The predicted octanol–water partition coefficient (Wildman–Crippen LogP) is 4.10. The fourth-order valence-electron chi connectivity index (χ4n) is 3.91. The molecule has 0 atom stereocenters. The normalized spacial score (nSPS) is 11.4. The molecule has 0 spiro atoms. The number of anilines is 1. The second kappa shape index (κ2) is 13.3. The van der Waals surface area contributed by atoms with Gasteiger partial charge in [-0.15, -0.1) is 0 Å². The molecule has 40 heavy (non-hydrogen) atoms. The van der Waals surface area contributed by atoms with Crippen LogP contribution in [0.5, 0.6) is 11.5 Å². The van der Waals surface area contributed by atoms with Crippen molar-refractivity contribution in [3.63, 3.8) is 0 Å². The number of carbonyl (C=O) groups excluding carboxylic acids is 1. The van der Waals surface area contributed by atoms with Gasteiger partial charge < -0.3 is 15.2 Å². The second-order valence-electron chi connectivity index (χ2n) is 8.29. The average Bonchev–Trinajstić information content (AvgIpc) is 2.88. The maximum Gasteiger partial charge on any atom is 1.00 e. The van der Waals surface area contributed by atoms with Crippen molar-refractivity contribution in [1.29, 1.82) is 0 Å². The van der Waals surface area contributed by atoms with Crippen LogP contribution in [-0.2, 0) is 16.5 Å². The Kier molecular flexibility index (Phi) is 10.6. The zero-order valence-electron chi connectivity index (χ0n) is 21.7. The van der Waals surface area contributed by atoms with E-state index in [1.54, 1.807) is 50.2 Å². The van der Waals surface area contributed by atoms with Gasteiger partial charge in [-0.2, -0.15) is 18.6 Å². The van der Waals surface area contributed by atoms with E-state index in [-0.39, 0.29) is 51.5 Å². The van der Waals surface area contributed by atoms with E-state index in [0.29, 0.717) is 45.8 Å². The largest absolute Gasteiger partial charge is 1.00 e. The zero-order valence-corrected chi connectivity index (χ0v) is 26.1. The number of benzene rings is 4. The minimum Gasteiger partial charge on any atom is -0.870 e. The van der Waals surface area contributed by atoms with E-state index in [9.17, 15) is 22.9 Å². The van der Waals surface area contributed by atoms with Crippen LogP contribution in [-0.4, -0.2) is 25.5 Å². The number of hydrogen-bond donors (Lipinski definition) is 2. The minimum absolute atomic E-state index is 0. The number of azo groups is 1. The molecule has 0 saturated carbocycles. The van der Waals surface area contributed by atoms with Crippen LogP contribution in [0.4, 0.5) is 17.1 Å². The van der Waals surface area contributed by atoms with Gasteiger partial charge in [0.05, 0.1) is 28.7 Å². The van der Waals surface area contributed by atoms with Crippen molar-refractivity contribution in [3.05, 3.63) is 81.8 Å². The third kappa shape index (κ3) is 6.95. The van der Waals surface area contributed by atoms with Crippen molar-refractivity contribution in [2.24, 2.45) is 10.2 Å². The van der Waals surface area contributed by atoms with Gasteiger partial charge in [-0.05, 0) is 60.7 Å². The van der Waals surface area contributed by atoms with Crippen molar-refractivity contribution in [2.75, 3.05) is 11.9 Å². The Morgan fingerprint density at radius 3 is 2.45 bits per heavy atom. The molecular formula is C27H22Cl2N3NaO6S.